The van der Waals surface area contributed by atoms with Crippen molar-refractivity contribution < 1.29 is 14.3 Å². The lowest BCUT2D eigenvalue weighted by molar-refractivity contribution is -0.129. The first-order valence-corrected chi connectivity index (χ1v) is 6.25. The van der Waals surface area contributed by atoms with Gasteiger partial charge < -0.3 is 19.7 Å². The summed E-state index contributed by atoms with van der Waals surface area (Å²) >= 11 is 0. The van der Waals surface area contributed by atoms with Crippen molar-refractivity contribution in [1.29, 1.82) is 0 Å². The quantitative estimate of drug-likeness (QED) is 0.646. The van der Waals surface area contributed by atoms with Crippen LogP contribution < -0.4 is 5.32 Å². The van der Waals surface area contributed by atoms with Crippen molar-refractivity contribution in [3.63, 3.8) is 0 Å². The van der Waals surface area contributed by atoms with Crippen molar-refractivity contribution in [3.05, 3.63) is 0 Å². The maximum Gasteiger partial charge on any atom is 0.236 e. The van der Waals surface area contributed by atoms with E-state index in [1.54, 1.807) is 7.11 Å². The molecular weight excluding hydrogens is 220 g/mol. The summed E-state index contributed by atoms with van der Waals surface area (Å²) in [6.45, 7) is 4.25. The Balaban J connectivity index is 2.12. The molecule has 1 N–H and O–H groups in total. The number of amides is 1. The number of nitrogens with one attached hydrogen (secondary N) is 1. The summed E-state index contributed by atoms with van der Waals surface area (Å²) < 4.78 is 10.2. The molecule has 0 unspecified atom stereocenters. The normalized spacial score (nSPS) is 17.1. The van der Waals surface area contributed by atoms with E-state index in [2.05, 4.69) is 5.32 Å². The average molecular weight is 244 g/mol. The first-order chi connectivity index (χ1) is 8.24. The third-order valence-electron chi connectivity index (χ3n) is 3.06. The van der Waals surface area contributed by atoms with Crippen LogP contribution in [-0.2, 0) is 14.3 Å². The van der Waals surface area contributed by atoms with E-state index in [0.29, 0.717) is 25.6 Å². The molecule has 0 aromatic carbocycles. The Hall–Kier alpha value is -0.650. The molecule has 0 aliphatic carbocycles. The average Bonchev–Trinajstić information content (AvgIpc) is 2.35. The molecule has 0 aromatic rings. The van der Waals surface area contributed by atoms with Gasteiger partial charge in [0.25, 0.3) is 0 Å². The predicted octanol–water partition coefficient (Wildman–Crippen LogP) is 0.107. The molecule has 0 aromatic heterocycles. The molecule has 1 saturated heterocycles. The molecule has 0 atom stereocenters. The zero-order valence-corrected chi connectivity index (χ0v) is 10.9. The molecular formula is C12H24N2O3. The van der Waals surface area contributed by atoms with E-state index >= 15 is 0 Å². The summed E-state index contributed by atoms with van der Waals surface area (Å²) in [5, 5.41) is 3.06. The largest absolute Gasteiger partial charge is 0.383 e. The highest BCUT2D eigenvalue weighted by atomic mass is 16.5. The summed E-state index contributed by atoms with van der Waals surface area (Å²) in [5.74, 6) is 0.740. The molecule has 5 nitrogen and oxygen atoms in total. The number of hydrogen-bond donors (Lipinski definition) is 1. The Labute approximate surface area is 103 Å². The third-order valence-corrected chi connectivity index (χ3v) is 3.06. The van der Waals surface area contributed by atoms with Crippen LogP contribution in [0, 0.1) is 5.92 Å². The topological polar surface area (TPSA) is 50.8 Å². The van der Waals surface area contributed by atoms with E-state index < -0.39 is 0 Å². The van der Waals surface area contributed by atoms with Crippen LogP contribution in [0.1, 0.15) is 12.8 Å². The van der Waals surface area contributed by atoms with Gasteiger partial charge in [0, 0.05) is 40.5 Å². The Kier molecular flexibility index (Phi) is 7.16. The second-order valence-corrected chi connectivity index (χ2v) is 4.50. The number of likely N-dealkylation sites (N-methyl/N-ethyl adjacent to an activating group) is 1. The van der Waals surface area contributed by atoms with Crippen LogP contribution in [0.4, 0.5) is 0 Å². The van der Waals surface area contributed by atoms with E-state index in [1.165, 1.54) is 0 Å². The highest BCUT2D eigenvalue weighted by Gasteiger charge is 2.18. The Morgan fingerprint density at radius 1 is 1.47 bits per heavy atom. The Morgan fingerprint density at radius 3 is 2.82 bits per heavy atom. The minimum absolute atomic E-state index is 0.146. The van der Waals surface area contributed by atoms with Gasteiger partial charge in [-0.1, -0.05) is 0 Å². The van der Waals surface area contributed by atoms with Gasteiger partial charge in [0.1, 0.15) is 0 Å². The van der Waals surface area contributed by atoms with E-state index in [0.717, 1.165) is 32.6 Å². The lowest BCUT2D eigenvalue weighted by Gasteiger charge is -2.27. The van der Waals surface area contributed by atoms with Crippen molar-refractivity contribution in [2.45, 2.75) is 12.8 Å². The fourth-order valence-corrected chi connectivity index (χ4v) is 1.92. The third kappa shape index (κ3) is 6.00. The lowest BCUT2D eigenvalue weighted by Crippen LogP contribution is -2.40. The van der Waals surface area contributed by atoms with Crippen LogP contribution in [0.5, 0.6) is 0 Å². The molecule has 1 heterocycles. The fraction of sp³-hybridized carbons (Fsp3) is 0.917. The summed E-state index contributed by atoms with van der Waals surface area (Å²) in [5.41, 5.74) is 0. The number of ether oxygens (including phenoxy) is 2. The van der Waals surface area contributed by atoms with Gasteiger partial charge in [-0.05, 0) is 18.8 Å². The number of rotatable bonds is 7. The Bertz CT molecular complexity index is 218. The van der Waals surface area contributed by atoms with Crippen LogP contribution in [-0.4, -0.2) is 64.4 Å². The van der Waals surface area contributed by atoms with Gasteiger partial charge in [-0.25, -0.2) is 0 Å². The van der Waals surface area contributed by atoms with Crippen LogP contribution in [0.3, 0.4) is 0 Å². The molecule has 0 spiro atoms. The molecule has 17 heavy (non-hydrogen) atoms. The number of nitrogens with zero attached hydrogens (tertiary/aromatic N) is 1. The standard InChI is InChI=1S/C12H24N2O3/c1-14(10-11-3-6-17-7-4-11)12(15)9-13-5-8-16-2/h11,13H,3-10H2,1-2H3. The minimum atomic E-state index is 0.146. The van der Waals surface area contributed by atoms with Gasteiger partial charge in [0.15, 0.2) is 0 Å². The molecule has 1 rings (SSSR count). The van der Waals surface area contributed by atoms with Gasteiger partial charge in [0.05, 0.1) is 13.2 Å². The molecule has 1 fully saturated rings. The van der Waals surface area contributed by atoms with Crippen LogP contribution in [0.2, 0.25) is 0 Å². The van der Waals surface area contributed by atoms with Crippen LogP contribution in [0.25, 0.3) is 0 Å². The van der Waals surface area contributed by atoms with Crippen LogP contribution >= 0.6 is 0 Å². The Morgan fingerprint density at radius 2 is 2.18 bits per heavy atom. The molecule has 0 radical (unpaired) electrons. The first kappa shape index (κ1) is 14.4. The van der Waals surface area contributed by atoms with Crippen molar-refractivity contribution in [2.75, 3.05) is 53.6 Å². The summed E-state index contributed by atoms with van der Waals surface area (Å²) in [6, 6.07) is 0. The molecule has 1 aliphatic rings. The summed E-state index contributed by atoms with van der Waals surface area (Å²) in [4.78, 5) is 13.6. The monoisotopic (exact) mass is 244 g/mol. The van der Waals surface area contributed by atoms with E-state index in [1.807, 2.05) is 11.9 Å². The highest BCUT2D eigenvalue weighted by Crippen LogP contribution is 2.15. The van der Waals surface area contributed by atoms with Gasteiger partial charge in [0.2, 0.25) is 5.91 Å². The van der Waals surface area contributed by atoms with E-state index in [-0.39, 0.29) is 5.91 Å². The predicted molar refractivity (Wildman–Crippen MR) is 65.9 cm³/mol. The zero-order valence-electron chi connectivity index (χ0n) is 10.9. The molecule has 5 heteroatoms. The van der Waals surface area contributed by atoms with Gasteiger partial charge in [-0.3, -0.25) is 4.79 Å². The van der Waals surface area contributed by atoms with Crippen molar-refractivity contribution in [3.8, 4) is 0 Å². The lowest BCUT2D eigenvalue weighted by atomic mass is 10.00. The van der Waals surface area contributed by atoms with Crippen LogP contribution in [0.15, 0.2) is 0 Å². The molecule has 0 bridgehead atoms. The number of hydrogen-bond acceptors (Lipinski definition) is 4. The van der Waals surface area contributed by atoms with Gasteiger partial charge in [-0.2, -0.15) is 0 Å². The molecule has 0 saturated carbocycles. The zero-order chi connectivity index (χ0) is 12.5. The first-order valence-electron chi connectivity index (χ1n) is 6.25. The van der Waals surface area contributed by atoms with Gasteiger partial charge in [-0.15, -0.1) is 0 Å². The second kappa shape index (κ2) is 8.44. The van der Waals surface area contributed by atoms with Crippen molar-refractivity contribution in [1.82, 2.24) is 10.2 Å². The summed E-state index contributed by atoms with van der Waals surface area (Å²) in [7, 11) is 3.52. The molecule has 1 aliphatic heterocycles. The van der Waals surface area contributed by atoms with Gasteiger partial charge >= 0.3 is 0 Å². The molecule has 1 amide bonds. The smallest absolute Gasteiger partial charge is 0.236 e. The molecule has 100 valence electrons. The number of methoxy groups -OCH3 is 1. The van der Waals surface area contributed by atoms with E-state index in [9.17, 15) is 4.79 Å². The van der Waals surface area contributed by atoms with E-state index in [4.69, 9.17) is 9.47 Å². The SMILES string of the molecule is COCCNCC(=O)N(C)CC1CCOCC1. The maximum atomic E-state index is 11.8. The van der Waals surface area contributed by atoms with Crippen molar-refractivity contribution >= 4 is 5.91 Å². The minimum Gasteiger partial charge on any atom is -0.383 e. The fourth-order valence-electron chi connectivity index (χ4n) is 1.92. The summed E-state index contributed by atoms with van der Waals surface area (Å²) in [6.07, 6.45) is 2.13. The van der Waals surface area contributed by atoms with Crippen molar-refractivity contribution in [2.24, 2.45) is 5.92 Å². The maximum absolute atomic E-state index is 11.8. The second-order valence-electron chi connectivity index (χ2n) is 4.50. The number of carbonyl (C=O) groups is 1. The highest BCUT2D eigenvalue weighted by molar-refractivity contribution is 5.77. The number of carbonyl (C=O) groups excluding carboxylic acids is 1.